The molecule has 0 spiro atoms. The van der Waals surface area contributed by atoms with Crippen LogP contribution in [0.3, 0.4) is 0 Å². The minimum absolute atomic E-state index is 0.103. The average molecular weight is 261 g/mol. The largest absolute Gasteiger partial charge is 0.328 e. The van der Waals surface area contributed by atoms with Crippen molar-refractivity contribution in [3.8, 4) is 0 Å². The van der Waals surface area contributed by atoms with Crippen molar-refractivity contribution in [1.82, 2.24) is 4.90 Å². The van der Waals surface area contributed by atoms with Gasteiger partial charge in [-0.3, -0.25) is 9.69 Å². The number of rotatable bonds is 2. The molecule has 0 bridgehead atoms. The van der Waals surface area contributed by atoms with Crippen molar-refractivity contribution in [2.75, 3.05) is 25.0 Å². The molecule has 4 heteroatoms. The number of hydrogen-bond donors (Lipinski definition) is 1. The molecule has 19 heavy (non-hydrogen) atoms. The fraction of sp³-hybridized carbons (Fsp3) is 0.533. The number of nitrogens with zero attached hydrogens (tertiary/aromatic N) is 2. The van der Waals surface area contributed by atoms with E-state index in [0.717, 1.165) is 5.69 Å². The number of benzene rings is 1. The van der Waals surface area contributed by atoms with Crippen LogP contribution in [-0.2, 0) is 4.79 Å². The Kier molecular flexibility index (Phi) is 3.92. The Balaban J connectivity index is 2.33. The van der Waals surface area contributed by atoms with E-state index in [1.54, 1.807) is 0 Å². The lowest BCUT2D eigenvalue weighted by atomic mass is 10.0. The van der Waals surface area contributed by atoms with E-state index in [4.69, 9.17) is 5.73 Å². The second-order valence-electron chi connectivity index (χ2n) is 5.48. The van der Waals surface area contributed by atoms with Gasteiger partial charge in [-0.15, -0.1) is 0 Å². The molecule has 2 unspecified atom stereocenters. The van der Waals surface area contributed by atoms with Crippen molar-refractivity contribution < 1.29 is 4.79 Å². The quantitative estimate of drug-likeness (QED) is 0.873. The molecule has 1 aromatic rings. The molecule has 1 heterocycles. The van der Waals surface area contributed by atoms with Gasteiger partial charge in [0.2, 0.25) is 5.91 Å². The number of piperazine rings is 1. The molecule has 1 aliphatic rings. The molecule has 1 saturated heterocycles. The Hall–Kier alpha value is -1.39. The molecule has 0 aromatic heterocycles. The maximum atomic E-state index is 12.5. The van der Waals surface area contributed by atoms with E-state index in [-0.39, 0.29) is 11.9 Å². The van der Waals surface area contributed by atoms with Crippen molar-refractivity contribution >= 4 is 11.6 Å². The van der Waals surface area contributed by atoms with E-state index in [9.17, 15) is 4.79 Å². The summed E-state index contributed by atoms with van der Waals surface area (Å²) >= 11 is 0. The molecule has 2 rings (SSSR count). The predicted molar refractivity (Wildman–Crippen MR) is 78.3 cm³/mol. The van der Waals surface area contributed by atoms with Gasteiger partial charge in [-0.2, -0.15) is 0 Å². The molecule has 104 valence electrons. The van der Waals surface area contributed by atoms with Gasteiger partial charge in [-0.25, -0.2) is 0 Å². The van der Waals surface area contributed by atoms with Gasteiger partial charge in [0.15, 0.2) is 0 Å². The van der Waals surface area contributed by atoms with E-state index >= 15 is 0 Å². The highest BCUT2D eigenvalue weighted by Crippen LogP contribution is 2.24. The molecule has 2 atom stereocenters. The van der Waals surface area contributed by atoms with Crippen LogP contribution in [0.1, 0.15) is 18.1 Å². The van der Waals surface area contributed by atoms with Crippen molar-refractivity contribution in [3.63, 3.8) is 0 Å². The second-order valence-corrected chi connectivity index (χ2v) is 5.48. The summed E-state index contributed by atoms with van der Waals surface area (Å²) in [6.45, 7) is 7.36. The Morgan fingerprint density at radius 1 is 1.32 bits per heavy atom. The number of nitrogens with two attached hydrogens (primary N) is 1. The molecular formula is C15H23N3O. The van der Waals surface area contributed by atoms with E-state index in [1.807, 2.05) is 18.0 Å². The molecule has 1 amide bonds. The summed E-state index contributed by atoms with van der Waals surface area (Å²) in [5.41, 5.74) is 9.18. The third-order valence-electron chi connectivity index (χ3n) is 4.21. The molecule has 0 aliphatic carbocycles. The number of anilines is 1. The van der Waals surface area contributed by atoms with Gasteiger partial charge in [0, 0.05) is 24.8 Å². The molecule has 1 fully saturated rings. The Bertz CT molecular complexity index is 486. The summed E-state index contributed by atoms with van der Waals surface area (Å²) in [6.07, 6.45) is 0. The van der Waals surface area contributed by atoms with Crippen molar-refractivity contribution in [1.29, 1.82) is 0 Å². The van der Waals surface area contributed by atoms with Gasteiger partial charge >= 0.3 is 0 Å². The van der Waals surface area contributed by atoms with E-state index in [1.165, 1.54) is 11.1 Å². The highest BCUT2D eigenvalue weighted by atomic mass is 16.2. The number of carbonyl (C=O) groups excluding carboxylic acids is 1. The zero-order valence-electron chi connectivity index (χ0n) is 12.2. The van der Waals surface area contributed by atoms with Gasteiger partial charge in [-0.05, 0) is 51.1 Å². The van der Waals surface area contributed by atoms with Crippen molar-refractivity contribution in [2.45, 2.75) is 32.9 Å². The first kappa shape index (κ1) is 14.0. The zero-order chi connectivity index (χ0) is 14.2. The lowest BCUT2D eigenvalue weighted by Crippen LogP contribution is -2.62. The minimum atomic E-state index is -0.217. The monoisotopic (exact) mass is 261 g/mol. The number of amides is 1. The van der Waals surface area contributed by atoms with Crippen LogP contribution < -0.4 is 10.6 Å². The van der Waals surface area contributed by atoms with Crippen LogP contribution in [0, 0.1) is 13.8 Å². The zero-order valence-corrected chi connectivity index (χ0v) is 12.2. The van der Waals surface area contributed by atoms with Crippen molar-refractivity contribution in [2.24, 2.45) is 5.73 Å². The SMILES string of the molecule is Cc1ccc(N2CC(C)N(C)C(CN)C2=O)cc1C. The first-order valence-corrected chi connectivity index (χ1v) is 6.76. The molecule has 4 nitrogen and oxygen atoms in total. The van der Waals surface area contributed by atoms with Crippen LogP contribution in [0.4, 0.5) is 5.69 Å². The summed E-state index contributed by atoms with van der Waals surface area (Å²) in [6, 6.07) is 6.27. The number of carbonyl (C=O) groups is 1. The first-order chi connectivity index (χ1) is 8.95. The summed E-state index contributed by atoms with van der Waals surface area (Å²) < 4.78 is 0. The number of hydrogen-bond acceptors (Lipinski definition) is 3. The fourth-order valence-electron chi connectivity index (χ4n) is 2.54. The average Bonchev–Trinajstić information content (AvgIpc) is 2.38. The predicted octanol–water partition coefficient (Wildman–Crippen LogP) is 1.30. The molecular weight excluding hydrogens is 238 g/mol. The highest BCUT2D eigenvalue weighted by molar-refractivity contribution is 5.98. The maximum Gasteiger partial charge on any atom is 0.245 e. The van der Waals surface area contributed by atoms with Crippen LogP contribution in [0.25, 0.3) is 0 Å². The molecule has 0 radical (unpaired) electrons. The standard InChI is InChI=1S/C15H23N3O/c1-10-5-6-13(7-11(10)2)18-9-12(3)17(4)14(8-16)15(18)19/h5-7,12,14H,8-9,16H2,1-4H3. The third-order valence-corrected chi connectivity index (χ3v) is 4.21. The van der Waals surface area contributed by atoms with Crippen LogP contribution in [0.5, 0.6) is 0 Å². The second kappa shape index (κ2) is 5.31. The summed E-state index contributed by atoms with van der Waals surface area (Å²) in [7, 11) is 1.97. The van der Waals surface area contributed by atoms with Crippen LogP contribution >= 0.6 is 0 Å². The summed E-state index contributed by atoms with van der Waals surface area (Å²) in [5.74, 6) is 0.103. The Morgan fingerprint density at radius 2 is 2.00 bits per heavy atom. The molecule has 1 aliphatic heterocycles. The minimum Gasteiger partial charge on any atom is -0.328 e. The number of likely N-dealkylation sites (N-methyl/N-ethyl adjacent to an activating group) is 1. The topological polar surface area (TPSA) is 49.6 Å². The lowest BCUT2D eigenvalue weighted by molar-refractivity contribution is -0.126. The van der Waals surface area contributed by atoms with Crippen LogP contribution in [0.15, 0.2) is 18.2 Å². The van der Waals surface area contributed by atoms with Gasteiger partial charge < -0.3 is 10.6 Å². The fourth-order valence-corrected chi connectivity index (χ4v) is 2.54. The Labute approximate surface area is 115 Å². The highest BCUT2D eigenvalue weighted by Gasteiger charge is 2.36. The molecule has 2 N–H and O–H groups in total. The smallest absolute Gasteiger partial charge is 0.245 e. The van der Waals surface area contributed by atoms with Gasteiger partial charge in [0.05, 0.1) is 0 Å². The first-order valence-electron chi connectivity index (χ1n) is 6.76. The van der Waals surface area contributed by atoms with E-state index in [0.29, 0.717) is 19.1 Å². The molecule has 0 saturated carbocycles. The summed E-state index contributed by atoms with van der Waals surface area (Å²) in [4.78, 5) is 16.5. The lowest BCUT2D eigenvalue weighted by Gasteiger charge is -2.42. The maximum absolute atomic E-state index is 12.5. The van der Waals surface area contributed by atoms with Gasteiger partial charge in [0.1, 0.15) is 6.04 Å². The van der Waals surface area contributed by atoms with Crippen LogP contribution in [-0.4, -0.2) is 43.0 Å². The molecule has 1 aromatic carbocycles. The van der Waals surface area contributed by atoms with Gasteiger partial charge in [0.25, 0.3) is 0 Å². The van der Waals surface area contributed by atoms with Gasteiger partial charge in [-0.1, -0.05) is 6.07 Å². The Morgan fingerprint density at radius 3 is 2.58 bits per heavy atom. The van der Waals surface area contributed by atoms with Crippen LogP contribution in [0.2, 0.25) is 0 Å². The third kappa shape index (κ3) is 2.51. The van der Waals surface area contributed by atoms with E-state index < -0.39 is 0 Å². The number of aryl methyl sites for hydroxylation is 2. The normalized spacial score (nSPS) is 24.9. The van der Waals surface area contributed by atoms with E-state index in [2.05, 4.69) is 37.8 Å². The summed E-state index contributed by atoms with van der Waals surface area (Å²) in [5, 5.41) is 0. The van der Waals surface area contributed by atoms with Crippen molar-refractivity contribution in [3.05, 3.63) is 29.3 Å².